The van der Waals surface area contributed by atoms with Crippen molar-refractivity contribution in [2.24, 2.45) is 5.73 Å². The van der Waals surface area contributed by atoms with E-state index in [2.05, 4.69) is 21.7 Å². The van der Waals surface area contributed by atoms with E-state index in [4.69, 9.17) is 10.5 Å². The van der Waals surface area contributed by atoms with Gasteiger partial charge in [-0.3, -0.25) is 0 Å². The lowest BCUT2D eigenvalue weighted by atomic mass is 10.3. The Bertz CT molecular complexity index is 458. The van der Waals surface area contributed by atoms with Crippen LogP contribution in [0, 0.1) is 0 Å². The summed E-state index contributed by atoms with van der Waals surface area (Å²) in [4.78, 5) is 4.35. The predicted octanol–water partition coefficient (Wildman–Crippen LogP) is 2.07. The zero-order chi connectivity index (χ0) is 11.9. The highest BCUT2D eigenvalue weighted by molar-refractivity contribution is 7.17. The first-order valence-electron chi connectivity index (χ1n) is 5.75. The van der Waals surface area contributed by atoms with Crippen LogP contribution in [-0.2, 0) is 4.74 Å². The van der Waals surface area contributed by atoms with Gasteiger partial charge in [0, 0.05) is 36.0 Å². The Balaban J connectivity index is 1.80. The number of rotatable bonds is 7. The Morgan fingerprint density at radius 2 is 2.29 bits per heavy atom. The Morgan fingerprint density at radius 3 is 3.18 bits per heavy atom. The minimum Gasteiger partial charge on any atom is -0.380 e. The molecule has 0 saturated heterocycles. The van der Waals surface area contributed by atoms with Crippen LogP contribution in [0.2, 0.25) is 0 Å². The molecule has 0 unspecified atom stereocenters. The van der Waals surface area contributed by atoms with Crippen LogP contribution in [0.4, 0.5) is 5.82 Å². The second-order valence-corrected chi connectivity index (χ2v) is 4.62. The van der Waals surface area contributed by atoms with Gasteiger partial charge in [-0.1, -0.05) is 0 Å². The summed E-state index contributed by atoms with van der Waals surface area (Å²) in [7, 11) is 0. The molecular formula is C12H17N3OS. The van der Waals surface area contributed by atoms with E-state index in [0.717, 1.165) is 25.4 Å². The first-order chi connectivity index (χ1) is 8.42. The first-order valence-corrected chi connectivity index (χ1v) is 6.63. The Labute approximate surface area is 105 Å². The van der Waals surface area contributed by atoms with E-state index in [9.17, 15) is 0 Å². The zero-order valence-electron chi connectivity index (χ0n) is 9.69. The van der Waals surface area contributed by atoms with Gasteiger partial charge in [-0.05, 0) is 23.9 Å². The number of anilines is 1. The van der Waals surface area contributed by atoms with Crippen LogP contribution >= 0.6 is 11.3 Å². The maximum absolute atomic E-state index is 5.34. The monoisotopic (exact) mass is 251 g/mol. The fourth-order valence-electron chi connectivity index (χ4n) is 1.60. The van der Waals surface area contributed by atoms with Crippen LogP contribution in [0.15, 0.2) is 23.7 Å². The van der Waals surface area contributed by atoms with Gasteiger partial charge >= 0.3 is 0 Å². The van der Waals surface area contributed by atoms with Crippen molar-refractivity contribution in [1.29, 1.82) is 0 Å². The molecule has 0 bridgehead atoms. The smallest absolute Gasteiger partial charge is 0.134 e. The molecule has 0 aliphatic carbocycles. The Morgan fingerprint density at radius 1 is 1.35 bits per heavy atom. The molecule has 2 aromatic rings. The van der Waals surface area contributed by atoms with Crippen LogP contribution in [-0.4, -0.2) is 31.3 Å². The molecule has 0 radical (unpaired) electrons. The number of hydrogen-bond acceptors (Lipinski definition) is 5. The van der Waals surface area contributed by atoms with Gasteiger partial charge in [0.15, 0.2) is 0 Å². The molecule has 0 aromatic carbocycles. The highest BCUT2D eigenvalue weighted by Gasteiger charge is 2.01. The molecule has 0 saturated carbocycles. The lowest BCUT2D eigenvalue weighted by Gasteiger charge is -2.06. The van der Waals surface area contributed by atoms with Gasteiger partial charge in [-0.25, -0.2) is 4.98 Å². The Hall–Kier alpha value is -1.17. The summed E-state index contributed by atoms with van der Waals surface area (Å²) in [5.74, 6) is 0.961. The molecule has 3 N–H and O–H groups in total. The third-order valence-corrected chi connectivity index (χ3v) is 3.28. The molecule has 2 heterocycles. The average molecular weight is 251 g/mol. The third-order valence-electron chi connectivity index (χ3n) is 2.40. The van der Waals surface area contributed by atoms with Crippen molar-refractivity contribution < 1.29 is 4.74 Å². The molecule has 0 atom stereocenters. The van der Waals surface area contributed by atoms with E-state index >= 15 is 0 Å². The molecule has 0 spiro atoms. The molecule has 2 aromatic heterocycles. The van der Waals surface area contributed by atoms with E-state index in [1.165, 1.54) is 10.1 Å². The molecule has 0 amide bonds. The molecule has 2 rings (SSSR count). The molecule has 0 fully saturated rings. The van der Waals surface area contributed by atoms with Crippen LogP contribution in [0.3, 0.4) is 0 Å². The summed E-state index contributed by atoms with van der Waals surface area (Å²) in [6.07, 6.45) is 2.80. The molecular weight excluding hydrogens is 234 g/mol. The summed E-state index contributed by atoms with van der Waals surface area (Å²) in [6, 6.07) is 4.13. The molecule has 0 aliphatic heterocycles. The van der Waals surface area contributed by atoms with Crippen LogP contribution in [0.5, 0.6) is 0 Å². The van der Waals surface area contributed by atoms with Gasteiger partial charge in [-0.15, -0.1) is 11.3 Å². The fourth-order valence-corrected chi connectivity index (χ4v) is 2.38. The lowest BCUT2D eigenvalue weighted by molar-refractivity contribution is 0.141. The summed E-state index contributed by atoms with van der Waals surface area (Å²) in [5.41, 5.74) is 5.34. The minimum absolute atomic E-state index is 0.587. The van der Waals surface area contributed by atoms with Crippen molar-refractivity contribution in [2.75, 3.05) is 31.6 Å². The van der Waals surface area contributed by atoms with Crippen LogP contribution in [0.25, 0.3) is 10.1 Å². The number of thiophene rings is 1. The summed E-state index contributed by atoms with van der Waals surface area (Å²) >= 11 is 1.73. The molecule has 5 heteroatoms. The predicted molar refractivity (Wildman–Crippen MR) is 72.6 cm³/mol. The SMILES string of the molecule is NCCOCCCNc1nccc2sccc12. The van der Waals surface area contributed by atoms with Crippen molar-refractivity contribution in [3.8, 4) is 0 Å². The third kappa shape index (κ3) is 3.39. The number of nitrogens with zero attached hydrogens (tertiary/aromatic N) is 1. The van der Waals surface area contributed by atoms with Crippen molar-refractivity contribution in [3.05, 3.63) is 23.7 Å². The number of hydrogen-bond donors (Lipinski definition) is 2. The topological polar surface area (TPSA) is 60.2 Å². The largest absolute Gasteiger partial charge is 0.380 e. The molecule has 17 heavy (non-hydrogen) atoms. The number of nitrogens with one attached hydrogen (secondary N) is 1. The second-order valence-electron chi connectivity index (χ2n) is 3.67. The van der Waals surface area contributed by atoms with Crippen LogP contribution in [0.1, 0.15) is 6.42 Å². The van der Waals surface area contributed by atoms with E-state index < -0.39 is 0 Å². The first kappa shape index (κ1) is 12.3. The summed E-state index contributed by atoms with van der Waals surface area (Å²) in [6.45, 7) is 2.83. The number of aromatic nitrogens is 1. The van der Waals surface area contributed by atoms with Crippen molar-refractivity contribution in [1.82, 2.24) is 4.98 Å². The van der Waals surface area contributed by atoms with Crippen molar-refractivity contribution in [3.63, 3.8) is 0 Å². The molecule has 0 aliphatic rings. The minimum atomic E-state index is 0.587. The molecule has 92 valence electrons. The van der Waals surface area contributed by atoms with E-state index in [1.54, 1.807) is 11.3 Å². The van der Waals surface area contributed by atoms with E-state index in [1.807, 2.05) is 12.3 Å². The van der Waals surface area contributed by atoms with Crippen LogP contribution < -0.4 is 11.1 Å². The summed E-state index contributed by atoms with van der Waals surface area (Å²) in [5, 5.41) is 6.61. The normalized spacial score (nSPS) is 10.9. The van der Waals surface area contributed by atoms with Gasteiger partial charge in [0.2, 0.25) is 0 Å². The van der Waals surface area contributed by atoms with Gasteiger partial charge in [0.05, 0.1) is 6.61 Å². The standard InChI is InChI=1S/C12H17N3OS/c13-4-8-16-7-1-5-14-12-10-3-9-17-11(10)2-6-15-12/h2-3,6,9H,1,4-5,7-8,13H2,(H,14,15). The van der Waals surface area contributed by atoms with Gasteiger partial charge in [-0.2, -0.15) is 0 Å². The highest BCUT2D eigenvalue weighted by atomic mass is 32.1. The number of pyridine rings is 1. The molecule has 4 nitrogen and oxygen atoms in total. The van der Waals surface area contributed by atoms with Gasteiger partial charge in [0.1, 0.15) is 5.82 Å². The maximum Gasteiger partial charge on any atom is 0.134 e. The highest BCUT2D eigenvalue weighted by Crippen LogP contribution is 2.25. The number of fused-ring (bicyclic) bond motifs is 1. The van der Waals surface area contributed by atoms with Crippen molar-refractivity contribution in [2.45, 2.75) is 6.42 Å². The van der Waals surface area contributed by atoms with E-state index in [-0.39, 0.29) is 0 Å². The zero-order valence-corrected chi connectivity index (χ0v) is 10.5. The summed E-state index contributed by atoms with van der Waals surface area (Å²) < 4.78 is 6.58. The van der Waals surface area contributed by atoms with Gasteiger partial charge < -0.3 is 15.8 Å². The van der Waals surface area contributed by atoms with E-state index in [0.29, 0.717) is 13.2 Å². The number of ether oxygens (including phenoxy) is 1. The Kier molecular flexibility index (Phi) is 4.73. The quantitative estimate of drug-likeness (QED) is 0.740. The van der Waals surface area contributed by atoms with Crippen molar-refractivity contribution >= 4 is 27.2 Å². The average Bonchev–Trinajstić information content (AvgIpc) is 2.82. The second kappa shape index (κ2) is 6.54. The number of nitrogens with two attached hydrogens (primary N) is 1. The lowest BCUT2D eigenvalue weighted by Crippen LogP contribution is -2.11. The fraction of sp³-hybridized carbons (Fsp3) is 0.417. The van der Waals surface area contributed by atoms with Gasteiger partial charge in [0.25, 0.3) is 0 Å². The maximum atomic E-state index is 5.34.